The number of fused-ring (bicyclic) bond motifs is 3. The maximum Gasteiger partial charge on any atom is 0.183 e. The highest BCUT2D eigenvalue weighted by Crippen LogP contribution is 2.40. The highest BCUT2D eigenvalue weighted by molar-refractivity contribution is 8.00. The summed E-state index contributed by atoms with van der Waals surface area (Å²) in [4.78, 5) is 23.8. The van der Waals surface area contributed by atoms with E-state index in [2.05, 4.69) is 15.3 Å². The van der Waals surface area contributed by atoms with Crippen molar-refractivity contribution in [1.82, 2.24) is 15.3 Å². The second-order valence-corrected chi connectivity index (χ2v) is 9.38. The number of methoxy groups -OCH3 is 1. The highest BCUT2D eigenvalue weighted by atomic mass is 32.2. The number of nitrogens with one attached hydrogen (secondary N) is 1. The van der Waals surface area contributed by atoms with Crippen LogP contribution in [0.15, 0.2) is 35.4 Å². The Balaban J connectivity index is 1.32. The molecule has 3 atom stereocenters. The van der Waals surface area contributed by atoms with Crippen LogP contribution in [0.25, 0.3) is 10.9 Å². The van der Waals surface area contributed by atoms with Crippen molar-refractivity contribution in [3.63, 3.8) is 0 Å². The van der Waals surface area contributed by atoms with Gasteiger partial charge in [0, 0.05) is 22.8 Å². The summed E-state index contributed by atoms with van der Waals surface area (Å²) in [5.74, 6) is 1.88. The van der Waals surface area contributed by atoms with Crippen LogP contribution in [-0.4, -0.2) is 47.3 Å². The van der Waals surface area contributed by atoms with Crippen LogP contribution < -0.4 is 10.1 Å². The molecule has 8 heteroatoms. The summed E-state index contributed by atoms with van der Waals surface area (Å²) in [6, 6.07) is 10.1. The van der Waals surface area contributed by atoms with Crippen LogP contribution in [0, 0.1) is 6.92 Å². The average Bonchev–Trinajstić information content (AvgIpc) is 3.48. The fourth-order valence-electron chi connectivity index (χ4n) is 3.92. The smallest absolute Gasteiger partial charge is 0.183 e. The number of nitrogens with zero attached hydrogens (tertiary/aromatic N) is 2. The molecule has 0 aliphatic carbocycles. The third-order valence-corrected chi connectivity index (χ3v) is 7.51. The summed E-state index contributed by atoms with van der Waals surface area (Å²) in [6.07, 6.45) is 1.45. The molecule has 29 heavy (non-hydrogen) atoms. The minimum absolute atomic E-state index is 0.0777. The lowest BCUT2D eigenvalue weighted by atomic mass is 10.1. The quantitative estimate of drug-likeness (QED) is 0.364. The van der Waals surface area contributed by atoms with Gasteiger partial charge < -0.3 is 14.8 Å². The lowest BCUT2D eigenvalue weighted by Gasteiger charge is -2.22. The fourth-order valence-corrected chi connectivity index (χ4v) is 6.00. The van der Waals surface area contributed by atoms with Crippen LogP contribution in [0.3, 0.4) is 0 Å². The van der Waals surface area contributed by atoms with E-state index in [4.69, 9.17) is 9.47 Å². The van der Waals surface area contributed by atoms with E-state index < -0.39 is 0 Å². The molecule has 2 aromatic heterocycles. The Morgan fingerprint density at radius 3 is 3.00 bits per heavy atom. The van der Waals surface area contributed by atoms with E-state index in [0.29, 0.717) is 23.7 Å². The van der Waals surface area contributed by atoms with Crippen molar-refractivity contribution in [2.24, 2.45) is 0 Å². The topological polar surface area (TPSA) is 73.3 Å². The number of ether oxygens (including phenoxy) is 2. The van der Waals surface area contributed by atoms with Crippen molar-refractivity contribution in [2.75, 3.05) is 19.4 Å². The van der Waals surface area contributed by atoms with Crippen molar-refractivity contribution in [1.29, 1.82) is 0 Å². The highest BCUT2D eigenvalue weighted by Gasteiger charge is 2.41. The van der Waals surface area contributed by atoms with E-state index in [0.717, 1.165) is 44.4 Å². The third kappa shape index (κ3) is 3.66. The first-order valence-electron chi connectivity index (χ1n) is 9.57. The molecule has 0 radical (unpaired) electrons. The molecule has 3 aromatic rings. The Morgan fingerprint density at radius 1 is 1.34 bits per heavy atom. The van der Waals surface area contributed by atoms with Gasteiger partial charge in [-0.15, -0.1) is 11.3 Å². The van der Waals surface area contributed by atoms with Gasteiger partial charge in [0.1, 0.15) is 22.7 Å². The molecule has 2 fully saturated rings. The van der Waals surface area contributed by atoms with Gasteiger partial charge in [-0.1, -0.05) is 11.8 Å². The molecule has 2 bridgehead atoms. The Labute approximate surface area is 177 Å². The zero-order valence-electron chi connectivity index (χ0n) is 16.2. The van der Waals surface area contributed by atoms with Crippen LogP contribution in [0.4, 0.5) is 0 Å². The predicted octanol–water partition coefficient (Wildman–Crippen LogP) is 3.79. The lowest BCUT2D eigenvalue weighted by molar-refractivity contribution is 0.0181. The zero-order chi connectivity index (χ0) is 20.0. The molecular formula is C21H21N3O3S2. The van der Waals surface area contributed by atoms with Crippen molar-refractivity contribution < 1.29 is 14.3 Å². The molecule has 2 aliphatic heterocycles. The standard InChI is InChI=1S/C21H21N3O3S2/c1-11-23-15-4-3-12(26-2)7-14(15)21(24-11)28-10-17(25)18-5-6-19(29-18)20-16-8-13(27-20)9-22-16/h3-7,13,16,20,22H,8-10H2,1-2H3/t13-,16-,20-/m0/s1. The first-order valence-corrected chi connectivity index (χ1v) is 11.4. The largest absolute Gasteiger partial charge is 0.497 e. The van der Waals surface area contributed by atoms with Crippen LogP contribution in [0.2, 0.25) is 0 Å². The van der Waals surface area contributed by atoms with Gasteiger partial charge in [0.15, 0.2) is 5.78 Å². The Morgan fingerprint density at radius 2 is 2.24 bits per heavy atom. The van der Waals surface area contributed by atoms with Crippen LogP contribution in [0.5, 0.6) is 5.75 Å². The zero-order valence-corrected chi connectivity index (χ0v) is 17.8. The number of thioether (sulfide) groups is 1. The van der Waals surface area contributed by atoms with Crippen LogP contribution in [-0.2, 0) is 4.74 Å². The number of aromatic nitrogens is 2. The van der Waals surface area contributed by atoms with Gasteiger partial charge in [0.2, 0.25) is 0 Å². The van der Waals surface area contributed by atoms with Crippen molar-refractivity contribution in [3.8, 4) is 5.75 Å². The number of ketones is 1. The van der Waals surface area contributed by atoms with Gasteiger partial charge in [-0.05, 0) is 43.7 Å². The van der Waals surface area contributed by atoms with Gasteiger partial charge >= 0.3 is 0 Å². The first-order chi connectivity index (χ1) is 14.1. The molecule has 4 heterocycles. The third-order valence-electron chi connectivity index (χ3n) is 5.33. The number of hydrogen-bond donors (Lipinski definition) is 1. The number of hydrogen-bond acceptors (Lipinski definition) is 8. The van der Waals surface area contributed by atoms with E-state index >= 15 is 0 Å². The predicted molar refractivity (Wildman–Crippen MR) is 114 cm³/mol. The summed E-state index contributed by atoms with van der Waals surface area (Å²) in [7, 11) is 1.64. The van der Waals surface area contributed by atoms with Gasteiger partial charge in [-0.3, -0.25) is 4.79 Å². The number of aryl methyl sites for hydroxylation is 1. The number of Topliss-reactive ketones (excluding diaryl/α,β-unsaturated/α-hetero) is 1. The maximum atomic E-state index is 12.8. The number of thiophene rings is 1. The lowest BCUT2D eigenvalue weighted by Crippen LogP contribution is -2.33. The number of morpholine rings is 1. The maximum absolute atomic E-state index is 12.8. The van der Waals surface area contributed by atoms with E-state index in [1.165, 1.54) is 11.8 Å². The average molecular weight is 428 g/mol. The van der Waals surface area contributed by atoms with Crippen LogP contribution >= 0.6 is 23.1 Å². The van der Waals surface area contributed by atoms with E-state index in [-0.39, 0.29) is 11.9 Å². The molecule has 1 N–H and O–H groups in total. The molecule has 150 valence electrons. The van der Waals surface area contributed by atoms with Gasteiger partial charge in [0.05, 0.1) is 29.4 Å². The summed E-state index contributed by atoms with van der Waals surface area (Å²) < 4.78 is 11.4. The molecule has 2 aliphatic rings. The van der Waals surface area contributed by atoms with Crippen LogP contribution in [0.1, 0.15) is 32.9 Å². The summed E-state index contributed by atoms with van der Waals surface area (Å²) in [6.45, 7) is 2.80. The summed E-state index contributed by atoms with van der Waals surface area (Å²) in [5, 5.41) is 5.20. The fraction of sp³-hybridized carbons (Fsp3) is 0.381. The molecule has 0 unspecified atom stereocenters. The minimum atomic E-state index is 0.0777. The Bertz CT molecular complexity index is 1080. The number of benzene rings is 1. The molecule has 0 spiro atoms. The monoisotopic (exact) mass is 427 g/mol. The number of rotatable bonds is 6. The minimum Gasteiger partial charge on any atom is -0.497 e. The van der Waals surface area contributed by atoms with E-state index in [1.807, 2.05) is 37.3 Å². The van der Waals surface area contributed by atoms with Crippen molar-refractivity contribution in [2.45, 2.75) is 36.6 Å². The SMILES string of the molecule is COc1ccc2nc(C)nc(SCC(=O)c3ccc([C@H]4O[C@@H]5CN[C@H]4C5)s3)c2c1. The van der Waals surface area contributed by atoms with Crippen molar-refractivity contribution in [3.05, 3.63) is 45.9 Å². The molecule has 0 saturated carbocycles. The summed E-state index contributed by atoms with van der Waals surface area (Å²) >= 11 is 2.99. The molecule has 0 amide bonds. The molecule has 5 rings (SSSR count). The van der Waals surface area contributed by atoms with Gasteiger partial charge in [0.25, 0.3) is 0 Å². The van der Waals surface area contributed by atoms with Crippen molar-refractivity contribution >= 4 is 39.8 Å². The molecular weight excluding hydrogens is 406 g/mol. The molecule has 1 aromatic carbocycles. The number of carbonyl (C=O) groups is 1. The van der Waals surface area contributed by atoms with Gasteiger partial charge in [-0.25, -0.2) is 9.97 Å². The molecule has 6 nitrogen and oxygen atoms in total. The Hall–Kier alpha value is -2.00. The second kappa shape index (κ2) is 7.68. The van der Waals surface area contributed by atoms with E-state index in [1.54, 1.807) is 18.4 Å². The normalized spacial score (nSPS) is 23.0. The second-order valence-electron chi connectivity index (χ2n) is 7.30. The number of carbonyl (C=O) groups excluding carboxylic acids is 1. The van der Waals surface area contributed by atoms with Gasteiger partial charge in [-0.2, -0.15) is 0 Å². The first kappa shape index (κ1) is 19.0. The summed E-state index contributed by atoms with van der Waals surface area (Å²) in [5.41, 5.74) is 0.854. The molecule has 2 saturated heterocycles. The Kier molecular flexibility index (Phi) is 5.03. The van der Waals surface area contributed by atoms with E-state index in [9.17, 15) is 4.79 Å².